The average molecular weight is 378 g/mol. The summed E-state index contributed by atoms with van der Waals surface area (Å²) < 4.78 is 39.1. The molecule has 2 aromatic carbocycles. The van der Waals surface area contributed by atoms with Crippen molar-refractivity contribution in [2.75, 3.05) is 17.3 Å². The van der Waals surface area contributed by atoms with Gasteiger partial charge in [0.05, 0.1) is 22.9 Å². The summed E-state index contributed by atoms with van der Waals surface area (Å²) >= 11 is 5.97. The van der Waals surface area contributed by atoms with Gasteiger partial charge in [-0.05, 0) is 48.4 Å². The molecule has 7 heteroatoms. The van der Waals surface area contributed by atoms with E-state index >= 15 is 0 Å². The van der Waals surface area contributed by atoms with Crippen LogP contribution >= 0.6 is 11.6 Å². The van der Waals surface area contributed by atoms with Crippen LogP contribution in [0.2, 0.25) is 0 Å². The van der Waals surface area contributed by atoms with Gasteiger partial charge >= 0.3 is 6.18 Å². The highest BCUT2D eigenvalue weighted by Gasteiger charge is 2.33. The summed E-state index contributed by atoms with van der Waals surface area (Å²) in [6.45, 7) is 0.514. The highest BCUT2D eigenvalue weighted by molar-refractivity contribution is 6.18. The fourth-order valence-electron chi connectivity index (χ4n) is 2.87. The maximum atomic E-state index is 13.0. The zero-order valence-corrected chi connectivity index (χ0v) is 14.4. The molecule has 1 aliphatic heterocycles. The number of amidine groups is 1. The number of hydrogen-bond donors (Lipinski definition) is 0. The van der Waals surface area contributed by atoms with Crippen molar-refractivity contribution in [1.82, 2.24) is 0 Å². The zero-order chi connectivity index (χ0) is 18.7. The Labute approximate surface area is 154 Å². The molecule has 134 valence electrons. The summed E-state index contributed by atoms with van der Waals surface area (Å²) in [5, 5.41) is 8.86. The first-order chi connectivity index (χ1) is 12.4. The molecule has 0 bridgehead atoms. The van der Waals surface area contributed by atoms with Crippen LogP contribution in [0.15, 0.2) is 53.5 Å². The van der Waals surface area contributed by atoms with Crippen molar-refractivity contribution in [2.45, 2.75) is 12.6 Å². The predicted molar refractivity (Wildman–Crippen MR) is 95.9 cm³/mol. The SMILES string of the molecule is N#Cc1ccc(/N=C2/CC(CCl)CN2c2cccc(C(F)(F)F)c2)cc1. The predicted octanol–water partition coefficient (Wildman–Crippen LogP) is 5.37. The summed E-state index contributed by atoms with van der Waals surface area (Å²) in [6, 6.07) is 14.0. The van der Waals surface area contributed by atoms with Crippen LogP contribution in [-0.4, -0.2) is 18.3 Å². The molecule has 1 aliphatic rings. The van der Waals surface area contributed by atoms with E-state index in [1.54, 1.807) is 35.2 Å². The number of rotatable bonds is 3. The third-order valence-corrected chi connectivity index (χ3v) is 4.62. The molecule has 2 aromatic rings. The lowest BCUT2D eigenvalue weighted by Gasteiger charge is -2.21. The first-order valence-corrected chi connectivity index (χ1v) is 8.52. The Hall–Kier alpha value is -2.52. The summed E-state index contributed by atoms with van der Waals surface area (Å²) in [7, 11) is 0. The Balaban J connectivity index is 1.95. The van der Waals surface area contributed by atoms with Crippen LogP contribution in [-0.2, 0) is 6.18 Å². The molecule has 1 fully saturated rings. The first-order valence-electron chi connectivity index (χ1n) is 7.99. The van der Waals surface area contributed by atoms with E-state index in [4.69, 9.17) is 16.9 Å². The van der Waals surface area contributed by atoms with Crippen molar-refractivity contribution >= 4 is 28.8 Å². The van der Waals surface area contributed by atoms with Gasteiger partial charge in [0.25, 0.3) is 0 Å². The number of nitrogens with zero attached hydrogens (tertiary/aromatic N) is 3. The standard InChI is InChI=1S/C19H15ClF3N3/c20-10-14-8-18(25-16-6-4-13(11-24)5-7-16)26(12-14)17-3-1-2-15(9-17)19(21,22)23/h1-7,9,14H,8,10,12H2/b25-18-. The molecule has 3 rings (SSSR count). The summed E-state index contributed by atoms with van der Waals surface area (Å²) in [5.41, 5.74) is 0.918. The Morgan fingerprint density at radius 2 is 1.92 bits per heavy atom. The monoisotopic (exact) mass is 377 g/mol. The largest absolute Gasteiger partial charge is 0.416 e. The number of halogens is 4. The first kappa shape index (κ1) is 18.3. The van der Waals surface area contributed by atoms with E-state index in [0.29, 0.717) is 41.6 Å². The lowest BCUT2D eigenvalue weighted by atomic mass is 10.1. The van der Waals surface area contributed by atoms with Gasteiger partial charge in [0.2, 0.25) is 0 Å². The fraction of sp³-hybridized carbons (Fsp3) is 0.263. The van der Waals surface area contributed by atoms with E-state index in [-0.39, 0.29) is 5.92 Å². The Kier molecular flexibility index (Phi) is 5.19. The maximum Gasteiger partial charge on any atom is 0.416 e. The van der Waals surface area contributed by atoms with Gasteiger partial charge in [0.15, 0.2) is 0 Å². The highest BCUT2D eigenvalue weighted by atomic mass is 35.5. The minimum absolute atomic E-state index is 0.114. The second kappa shape index (κ2) is 7.38. The molecule has 0 aliphatic carbocycles. The molecule has 0 saturated carbocycles. The number of alkyl halides is 4. The van der Waals surface area contributed by atoms with Crippen LogP contribution in [0.5, 0.6) is 0 Å². The van der Waals surface area contributed by atoms with E-state index in [2.05, 4.69) is 4.99 Å². The molecule has 1 unspecified atom stereocenters. The molecule has 1 heterocycles. The van der Waals surface area contributed by atoms with Gasteiger partial charge in [-0.15, -0.1) is 11.6 Å². The molecular weight excluding hydrogens is 363 g/mol. The molecule has 0 spiro atoms. The number of nitriles is 1. The van der Waals surface area contributed by atoms with Gasteiger partial charge in [-0.25, -0.2) is 4.99 Å². The van der Waals surface area contributed by atoms with E-state index < -0.39 is 11.7 Å². The van der Waals surface area contributed by atoms with Gasteiger partial charge < -0.3 is 4.90 Å². The molecular formula is C19H15ClF3N3. The lowest BCUT2D eigenvalue weighted by molar-refractivity contribution is -0.137. The smallest absolute Gasteiger partial charge is 0.329 e. The van der Waals surface area contributed by atoms with Crippen LogP contribution in [0.4, 0.5) is 24.5 Å². The van der Waals surface area contributed by atoms with Crippen LogP contribution in [0.1, 0.15) is 17.5 Å². The van der Waals surface area contributed by atoms with Crippen molar-refractivity contribution in [3.8, 4) is 6.07 Å². The third-order valence-electron chi connectivity index (χ3n) is 4.18. The number of aliphatic imine (C=N–C) groups is 1. The Morgan fingerprint density at radius 3 is 2.54 bits per heavy atom. The topological polar surface area (TPSA) is 39.4 Å². The van der Waals surface area contributed by atoms with Crippen molar-refractivity contribution in [2.24, 2.45) is 10.9 Å². The van der Waals surface area contributed by atoms with Gasteiger partial charge in [-0.3, -0.25) is 0 Å². The van der Waals surface area contributed by atoms with E-state index in [9.17, 15) is 13.2 Å². The van der Waals surface area contributed by atoms with Crippen LogP contribution in [0.25, 0.3) is 0 Å². The minimum Gasteiger partial charge on any atom is -0.329 e. The lowest BCUT2D eigenvalue weighted by Crippen LogP contribution is -2.25. The average Bonchev–Trinajstić information content (AvgIpc) is 3.05. The number of hydrogen-bond acceptors (Lipinski definition) is 2. The molecule has 26 heavy (non-hydrogen) atoms. The molecule has 0 N–H and O–H groups in total. The maximum absolute atomic E-state index is 13.0. The molecule has 0 amide bonds. The van der Waals surface area contributed by atoms with Crippen molar-refractivity contribution in [1.29, 1.82) is 5.26 Å². The van der Waals surface area contributed by atoms with Crippen LogP contribution in [0, 0.1) is 17.2 Å². The van der Waals surface area contributed by atoms with Gasteiger partial charge in [0.1, 0.15) is 5.84 Å². The molecule has 3 nitrogen and oxygen atoms in total. The summed E-state index contributed by atoms with van der Waals surface area (Å²) in [5.74, 6) is 1.19. The van der Waals surface area contributed by atoms with Gasteiger partial charge in [-0.2, -0.15) is 18.4 Å². The van der Waals surface area contributed by atoms with Gasteiger partial charge in [-0.1, -0.05) is 6.07 Å². The van der Waals surface area contributed by atoms with Crippen LogP contribution < -0.4 is 4.90 Å². The van der Waals surface area contributed by atoms with Gasteiger partial charge in [0, 0.05) is 24.5 Å². The second-order valence-corrected chi connectivity index (χ2v) is 6.38. The van der Waals surface area contributed by atoms with E-state index in [1.807, 2.05) is 6.07 Å². The third kappa shape index (κ3) is 4.00. The molecule has 0 aromatic heterocycles. The normalized spacial score (nSPS) is 19.0. The van der Waals surface area contributed by atoms with Crippen molar-refractivity contribution in [3.05, 3.63) is 59.7 Å². The number of benzene rings is 2. The Morgan fingerprint density at radius 1 is 1.19 bits per heavy atom. The fourth-order valence-corrected chi connectivity index (χ4v) is 3.08. The molecule has 0 radical (unpaired) electrons. The van der Waals surface area contributed by atoms with Crippen LogP contribution in [0.3, 0.4) is 0 Å². The zero-order valence-electron chi connectivity index (χ0n) is 13.7. The quantitative estimate of drug-likeness (QED) is 0.674. The Bertz CT molecular complexity index is 854. The van der Waals surface area contributed by atoms with E-state index in [1.165, 1.54) is 6.07 Å². The van der Waals surface area contributed by atoms with Crippen molar-refractivity contribution in [3.63, 3.8) is 0 Å². The highest BCUT2D eigenvalue weighted by Crippen LogP contribution is 2.34. The summed E-state index contributed by atoms with van der Waals surface area (Å²) in [4.78, 5) is 6.35. The summed E-state index contributed by atoms with van der Waals surface area (Å²) in [6.07, 6.45) is -3.81. The molecule has 1 atom stereocenters. The van der Waals surface area contributed by atoms with Crippen molar-refractivity contribution < 1.29 is 13.2 Å². The minimum atomic E-state index is -4.40. The molecule has 1 saturated heterocycles. The second-order valence-electron chi connectivity index (χ2n) is 6.07. The van der Waals surface area contributed by atoms with E-state index in [0.717, 1.165) is 12.1 Å². The number of anilines is 1.